The topological polar surface area (TPSA) is 46.0 Å². The number of nitrogens with one attached hydrogen (secondary N) is 1. The molecule has 0 atom stereocenters. The first-order valence-corrected chi connectivity index (χ1v) is 11.7. The number of halogens is 3. The molecule has 1 N–H and O–H groups in total. The number of likely N-dealkylation sites (tertiary alicyclic amines) is 1. The molecule has 0 saturated carbocycles. The fourth-order valence-electron chi connectivity index (χ4n) is 4.97. The van der Waals surface area contributed by atoms with E-state index >= 15 is 0 Å². The maximum atomic E-state index is 12.8. The first-order chi connectivity index (χ1) is 16.8. The summed E-state index contributed by atoms with van der Waals surface area (Å²) >= 11 is 0. The monoisotopic (exact) mass is 480 g/mol. The Hall–Kier alpha value is -3.52. The molecule has 1 aliphatic heterocycles. The molecule has 0 bridgehead atoms. The number of hydrogen-bond donors (Lipinski definition) is 1. The van der Waals surface area contributed by atoms with Gasteiger partial charge in [0.2, 0.25) is 0 Å². The SMILES string of the molecule is Cc1c(-c2ccccc2)[nH]c(=O)n1C1CCN(Cc2ccn(-c3ccc(C(F)(F)F)cc3)c2)CC1. The van der Waals surface area contributed by atoms with Crippen molar-refractivity contribution in [2.75, 3.05) is 13.1 Å². The van der Waals surface area contributed by atoms with Gasteiger partial charge in [0.15, 0.2) is 0 Å². The van der Waals surface area contributed by atoms with Gasteiger partial charge in [0.05, 0.1) is 11.3 Å². The highest BCUT2D eigenvalue weighted by atomic mass is 19.4. The largest absolute Gasteiger partial charge is 0.416 e. The van der Waals surface area contributed by atoms with Crippen LogP contribution in [0.5, 0.6) is 0 Å². The van der Waals surface area contributed by atoms with Crippen molar-refractivity contribution in [1.82, 2.24) is 19.0 Å². The molecule has 2 aromatic carbocycles. The molecule has 5 nitrogen and oxygen atoms in total. The van der Waals surface area contributed by atoms with Crippen molar-refractivity contribution in [2.45, 2.75) is 38.5 Å². The summed E-state index contributed by atoms with van der Waals surface area (Å²) in [5.41, 5.74) is 3.94. The normalized spacial score (nSPS) is 15.5. The summed E-state index contributed by atoms with van der Waals surface area (Å²) in [6.45, 7) is 4.49. The van der Waals surface area contributed by atoms with E-state index in [4.69, 9.17) is 0 Å². The van der Waals surface area contributed by atoms with Crippen LogP contribution in [-0.4, -0.2) is 32.1 Å². The number of alkyl halides is 3. The van der Waals surface area contributed by atoms with Crippen molar-refractivity contribution in [3.05, 3.63) is 100 Å². The number of rotatable bonds is 5. The van der Waals surface area contributed by atoms with E-state index in [1.54, 1.807) is 0 Å². The molecule has 2 aromatic heterocycles. The molecule has 5 rings (SSSR count). The second kappa shape index (κ2) is 9.26. The van der Waals surface area contributed by atoms with Crippen LogP contribution in [0.15, 0.2) is 77.9 Å². The fraction of sp³-hybridized carbons (Fsp3) is 0.296. The smallest absolute Gasteiger partial charge is 0.324 e. The number of benzene rings is 2. The van der Waals surface area contributed by atoms with Crippen LogP contribution in [0.3, 0.4) is 0 Å². The van der Waals surface area contributed by atoms with Crippen molar-refractivity contribution in [3.63, 3.8) is 0 Å². The summed E-state index contributed by atoms with van der Waals surface area (Å²) < 4.78 is 42.2. The molecule has 0 aliphatic carbocycles. The van der Waals surface area contributed by atoms with Gasteiger partial charge in [0.1, 0.15) is 0 Å². The van der Waals surface area contributed by atoms with Gasteiger partial charge in [-0.25, -0.2) is 4.79 Å². The zero-order valence-corrected chi connectivity index (χ0v) is 19.4. The number of H-pyrrole nitrogens is 1. The van der Waals surface area contributed by atoms with E-state index in [-0.39, 0.29) is 11.7 Å². The average Bonchev–Trinajstić information content (AvgIpc) is 3.44. The average molecular weight is 481 g/mol. The zero-order valence-electron chi connectivity index (χ0n) is 19.4. The van der Waals surface area contributed by atoms with Gasteiger partial charge in [-0.2, -0.15) is 13.2 Å². The highest BCUT2D eigenvalue weighted by Gasteiger charge is 2.30. The second-order valence-corrected chi connectivity index (χ2v) is 9.11. The summed E-state index contributed by atoms with van der Waals surface area (Å²) in [5, 5.41) is 0. The minimum Gasteiger partial charge on any atom is -0.324 e. The molecule has 0 unspecified atom stereocenters. The van der Waals surface area contributed by atoms with E-state index in [9.17, 15) is 18.0 Å². The summed E-state index contributed by atoms with van der Waals surface area (Å²) in [6.07, 6.45) is 1.26. The molecule has 0 amide bonds. The Morgan fingerprint density at radius 3 is 2.31 bits per heavy atom. The second-order valence-electron chi connectivity index (χ2n) is 9.11. The Morgan fingerprint density at radius 2 is 1.66 bits per heavy atom. The molecular weight excluding hydrogens is 453 g/mol. The molecular formula is C27H27F3N4O. The van der Waals surface area contributed by atoms with Crippen LogP contribution in [0.4, 0.5) is 13.2 Å². The number of hydrogen-bond acceptors (Lipinski definition) is 2. The van der Waals surface area contributed by atoms with Crippen molar-refractivity contribution in [3.8, 4) is 16.9 Å². The van der Waals surface area contributed by atoms with Crippen molar-refractivity contribution < 1.29 is 13.2 Å². The van der Waals surface area contributed by atoms with Gasteiger partial charge < -0.3 is 9.55 Å². The Bertz CT molecular complexity index is 1340. The van der Waals surface area contributed by atoms with E-state index in [0.717, 1.165) is 67.1 Å². The van der Waals surface area contributed by atoms with Gasteiger partial charge in [-0.15, -0.1) is 0 Å². The number of imidazole rings is 1. The standard InChI is InChI=1S/C27H27F3N4O/c1-19-25(21-5-3-2-4-6-21)31-26(35)34(19)24-12-14-32(15-13-24)17-20-11-16-33(18-20)23-9-7-22(8-10-23)27(28,29)30/h2-11,16,18,24H,12-15,17H2,1H3,(H,31,35). The minimum absolute atomic E-state index is 0.0616. The summed E-state index contributed by atoms with van der Waals surface area (Å²) in [6, 6.07) is 17.2. The Labute approximate surface area is 201 Å². The van der Waals surface area contributed by atoms with Gasteiger partial charge in [-0.1, -0.05) is 30.3 Å². The summed E-state index contributed by atoms with van der Waals surface area (Å²) in [7, 11) is 0. The Morgan fingerprint density at radius 1 is 0.971 bits per heavy atom. The van der Waals surface area contributed by atoms with E-state index in [1.807, 2.05) is 64.8 Å². The summed E-state index contributed by atoms with van der Waals surface area (Å²) in [4.78, 5) is 18.1. The summed E-state index contributed by atoms with van der Waals surface area (Å²) in [5.74, 6) is 0. The molecule has 4 aromatic rings. The van der Waals surface area contributed by atoms with Crippen molar-refractivity contribution in [1.29, 1.82) is 0 Å². The lowest BCUT2D eigenvalue weighted by molar-refractivity contribution is -0.137. The molecule has 1 aliphatic rings. The number of nitrogens with zero attached hydrogens (tertiary/aromatic N) is 3. The molecule has 1 fully saturated rings. The Kier molecular flexibility index (Phi) is 6.15. The van der Waals surface area contributed by atoms with Crippen LogP contribution in [0.2, 0.25) is 0 Å². The zero-order chi connectivity index (χ0) is 24.6. The molecule has 1 saturated heterocycles. The predicted molar refractivity (Wildman–Crippen MR) is 130 cm³/mol. The van der Waals surface area contributed by atoms with Gasteiger partial charge in [-0.05, 0) is 61.2 Å². The molecule has 3 heterocycles. The third-order valence-corrected chi connectivity index (χ3v) is 6.81. The highest BCUT2D eigenvalue weighted by Crippen LogP contribution is 2.30. The first-order valence-electron chi connectivity index (χ1n) is 11.7. The lowest BCUT2D eigenvalue weighted by Gasteiger charge is -2.32. The Balaban J connectivity index is 1.22. The maximum absolute atomic E-state index is 12.8. The highest BCUT2D eigenvalue weighted by molar-refractivity contribution is 5.61. The minimum atomic E-state index is -4.33. The lowest BCUT2D eigenvalue weighted by atomic mass is 10.0. The number of aromatic nitrogens is 3. The molecule has 35 heavy (non-hydrogen) atoms. The molecule has 8 heteroatoms. The fourth-order valence-corrected chi connectivity index (χ4v) is 4.97. The molecule has 182 valence electrons. The van der Waals surface area contributed by atoms with E-state index < -0.39 is 11.7 Å². The first kappa shape index (κ1) is 23.2. The van der Waals surface area contributed by atoms with Gasteiger partial charge in [0, 0.05) is 49.5 Å². The van der Waals surface area contributed by atoms with Crippen molar-refractivity contribution in [2.24, 2.45) is 0 Å². The third-order valence-electron chi connectivity index (χ3n) is 6.81. The van der Waals surface area contributed by atoms with E-state index in [0.29, 0.717) is 5.69 Å². The van der Waals surface area contributed by atoms with Gasteiger partial charge in [0.25, 0.3) is 0 Å². The van der Waals surface area contributed by atoms with Crippen LogP contribution in [0.25, 0.3) is 16.9 Å². The van der Waals surface area contributed by atoms with Gasteiger partial charge in [-0.3, -0.25) is 9.47 Å². The molecule has 0 radical (unpaired) electrons. The van der Waals surface area contributed by atoms with Crippen LogP contribution in [0, 0.1) is 6.92 Å². The van der Waals surface area contributed by atoms with Crippen LogP contribution < -0.4 is 5.69 Å². The van der Waals surface area contributed by atoms with Gasteiger partial charge >= 0.3 is 11.9 Å². The molecule has 0 spiro atoms. The predicted octanol–water partition coefficient (Wildman–Crippen LogP) is 5.80. The lowest BCUT2D eigenvalue weighted by Crippen LogP contribution is -2.36. The quantitative estimate of drug-likeness (QED) is 0.393. The van der Waals surface area contributed by atoms with Crippen LogP contribution in [-0.2, 0) is 12.7 Å². The van der Waals surface area contributed by atoms with E-state index in [2.05, 4.69) is 9.88 Å². The van der Waals surface area contributed by atoms with E-state index in [1.165, 1.54) is 12.1 Å². The van der Waals surface area contributed by atoms with Crippen LogP contribution in [0.1, 0.15) is 35.7 Å². The van der Waals surface area contributed by atoms with Crippen molar-refractivity contribution >= 4 is 0 Å². The van der Waals surface area contributed by atoms with Crippen LogP contribution >= 0.6 is 0 Å². The maximum Gasteiger partial charge on any atom is 0.416 e. The third kappa shape index (κ3) is 4.84. The number of piperidine rings is 1. The number of aromatic amines is 1.